The Morgan fingerprint density at radius 1 is 1.23 bits per heavy atom. The van der Waals surface area contributed by atoms with Gasteiger partial charge in [-0.3, -0.25) is 4.68 Å². The van der Waals surface area contributed by atoms with E-state index in [0.717, 1.165) is 18.8 Å². The topological polar surface area (TPSA) is 50.1 Å². The molecule has 0 fully saturated rings. The smallest absolute Gasteiger partial charge is 0.226 e. The number of rotatable bonds is 4. The molecule has 6 nitrogen and oxygen atoms in total. The Morgan fingerprint density at radius 3 is 2.50 bits per heavy atom. The summed E-state index contributed by atoms with van der Waals surface area (Å²) in [5.41, 5.74) is 3.55. The van der Waals surface area contributed by atoms with Crippen LogP contribution in [0.5, 0.6) is 0 Å². The molecule has 0 radical (unpaired) electrons. The van der Waals surface area contributed by atoms with Crippen molar-refractivity contribution in [1.82, 2.24) is 24.6 Å². The molecule has 0 amide bonds. The number of nitrogens with zero attached hydrogens (tertiary/aromatic N) is 6. The van der Waals surface area contributed by atoms with Gasteiger partial charge in [0.15, 0.2) is 5.82 Å². The molecule has 1 aliphatic heterocycles. The number of fused-ring (bicyclic) bond motifs is 1. The lowest BCUT2D eigenvalue weighted by Gasteiger charge is -2.17. The largest absolute Gasteiger partial charge is 0.330 e. The van der Waals surface area contributed by atoms with Crippen LogP contribution in [0.1, 0.15) is 36.8 Å². The molecule has 0 bridgehead atoms. The summed E-state index contributed by atoms with van der Waals surface area (Å²) >= 11 is 0. The summed E-state index contributed by atoms with van der Waals surface area (Å²) in [5, 5.41) is 4.76. The summed E-state index contributed by atoms with van der Waals surface area (Å²) in [5.74, 6) is 0.144. The Bertz CT molecular complexity index is 661. The second kappa shape index (κ2) is 5.64. The van der Waals surface area contributed by atoms with Crippen LogP contribution in [0.3, 0.4) is 0 Å². The highest BCUT2D eigenvalue weighted by atomic mass is 19.1. The lowest BCUT2D eigenvalue weighted by atomic mass is 10.2. The fourth-order valence-electron chi connectivity index (χ4n) is 2.80. The first kappa shape index (κ1) is 14.9. The maximum Gasteiger partial charge on any atom is 0.226 e. The van der Waals surface area contributed by atoms with Crippen LogP contribution < -0.4 is 4.90 Å². The minimum Gasteiger partial charge on any atom is -0.330 e. The molecule has 2 aromatic heterocycles. The number of hydrogen-bond acceptors (Lipinski definition) is 5. The molecule has 22 heavy (non-hydrogen) atoms. The molecule has 0 aromatic carbocycles. The van der Waals surface area contributed by atoms with Crippen LogP contribution >= 0.6 is 0 Å². The summed E-state index contributed by atoms with van der Waals surface area (Å²) in [6, 6.07) is 0.304. The molecule has 0 atom stereocenters. The molecule has 118 valence electrons. The van der Waals surface area contributed by atoms with E-state index in [0.29, 0.717) is 18.5 Å². The van der Waals surface area contributed by atoms with E-state index in [-0.39, 0.29) is 0 Å². The Balaban J connectivity index is 1.92. The second-order valence-corrected chi connectivity index (χ2v) is 6.21. The van der Waals surface area contributed by atoms with Gasteiger partial charge in [-0.15, -0.1) is 0 Å². The van der Waals surface area contributed by atoms with Crippen LogP contribution in [0.25, 0.3) is 0 Å². The van der Waals surface area contributed by atoms with Crippen LogP contribution in [0, 0.1) is 5.82 Å². The zero-order valence-electron chi connectivity index (χ0n) is 13.4. The number of aromatic nitrogens is 4. The third-order valence-electron chi connectivity index (χ3n) is 3.74. The van der Waals surface area contributed by atoms with Gasteiger partial charge in [-0.05, 0) is 27.9 Å². The summed E-state index contributed by atoms with van der Waals surface area (Å²) in [4.78, 5) is 12.4. The normalized spacial score (nSPS) is 14.2. The standard InChI is InChI=1S/C15H21FN6/c1-10(2)22-14-9-21(15-17-5-11(16)6-18-15)7-12(14)13(19-22)8-20(3)4/h5-6,10H,7-9H2,1-4H3. The average Bonchev–Trinajstić information content (AvgIpc) is 2.99. The van der Waals surface area contributed by atoms with Gasteiger partial charge in [0.25, 0.3) is 0 Å². The highest BCUT2D eigenvalue weighted by Crippen LogP contribution is 2.30. The minimum atomic E-state index is -0.415. The average molecular weight is 304 g/mol. The Labute approximate surface area is 129 Å². The maximum absolute atomic E-state index is 13.0. The van der Waals surface area contributed by atoms with Gasteiger partial charge in [-0.1, -0.05) is 0 Å². The van der Waals surface area contributed by atoms with Gasteiger partial charge >= 0.3 is 0 Å². The van der Waals surface area contributed by atoms with Gasteiger partial charge < -0.3 is 9.80 Å². The fourth-order valence-corrected chi connectivity index (χ4v) is 2.80. The molecule has 0 saturated carbocycles. The van der Waals surface area contributed by atoms with Crippen molar-refractivity contribution in [2.75, 3.05) is 19.0 Å². The Morgan fingerprint density at radius 2 is 1.91 bits per heavy atom. The molecule has 0 spiro atoms. The van der Waals surface area contributed by atoms with Crippen LogP contribution in [0.15, 0.2) is 12.4 Å². The molecule has 1 aliphatic rings. The van der Waals surface area contributed by atoms with E-state index in [1.807, 2.05) is 14.1 Å². The van der Waals surface area contributed by atoms with E-state index in [4.69, 9.17) is 5.10 Å². The SMILES string of the molecule is CC(C)n1nc(CN(C)C)c2c1CN(c1ncc(F)cn1)C2. The van der Waals surface area contributed by atoms with E-state index in [2.05, 4.69) is 38.3 Å². The first-order valence-corrected chi connectivity index (χ1v) is 7.42. The van der Waals surface area contributed by atoms with Crippen molar-refractivity contribution >= 4 is 5.95 Å². The summed E-state index contributed by atoms with van der Waals surface area (Å²) in [6.45, 7) is 6.49. The van der Waals surface area contributed by atoms with E-state index in [1.54, 1.807) is 0 Å². The minimum absolute atomic E-state index is 0.304. The molecule has 2 aromatic rings. The zero-order valence-corrected chi connectivity index (χ0v) is 13.4. The van der Waals surface area contributed by atoms with Gasteiger partial charge in [-0.25, -0.2) is 14.4 Å². The molecule has 3 rings (SSSR count). The Kier molecular flexibility index (Phi) is 3.82. The molecule has 0 aliphatic carbocycles. The lowest BCUT2D eigenvalue weighted by molar-refractivity contribution is 0.388. The van der Waals surface area contributed by atoms with Crippen LogP contribution in [0.4, 0.5) is 10.3 Å². The quantitative estimate of drug-likeness (QED) is 0.864. The third-order valence-corrected chi connectivity index (χ3v) is 3.74. The molecular weight excluding hydrogens is 283 g/mol. The third kappa shape index (κ3) is 2.68. The molecule has 0 saturated heterocycles. The van der Waals surface area contributed by atoms with Gasteiger partial charge in [0.2, 0.25) is 5.95 Å². The van der Waals surface area contributed by atoms with Crippen molar-refractivity contribution < 1.29 is 4.39 Å². The van der Waals surface area contributed by atoms with Crippen molar-refractivity contribution in [1.29, 1.82) is 0 Å². The second-order valence-electron chi connectivity index (χ2n) is 6.21. The van der Waals surface area contributed by atoms with Crippen molar-refractivity contribution in [2.45, 2.75) is 39.5 Å². The maximum atomic E-state index is 13.0. The molecule has 0 N–H and O–H groups in total. The first-order valence-electron chi connectivity index (χ1n) is 7.42. The van der Waals surface area contributed by atoms with Crippen molar-refractivity contribution in [3.05, 3.63) is 35.2 Å². The van der Waals surface area contributed by atoms with E-state index in [1.165, 1.54) is 23.7 Å². The number of halogens is 1. The van der Waals surface area contributed by atoms with E-state index >= 15 is 0 Å². The monoisotopic (exact) mass is 304 g/mol. The van der Waals surface area contributed by atoms with Gasteiger partial charge in [-0.2, -0.15) is 5.10 Å². The van der Waals surface area contributed by atoms with Crippen molar-refractivity contribution in [2.24, 2.45) is 0 Å². The molecule has 3 heterocycles. The predicted molar refractivity (Wildman–Crippen MR) is 81.9 cm³/mol. The number of anilines is 1. The summed E-state index contributed by atoms with van der Waals surface area (Å²) in [6.07, 6.45) is 2.42. The molecule has 7 heteroatoms. The zero-order chi connectivity index (χ0) is 15.9. The van der Waals surface area contributed by atoms with E-state index in [9.17, 15) is 4.39 Å². The highest BCUT2D eigenvalue weighted by molar-refractivity contribution is 5.43. The molecular formula is C15H21FN6. The van der Waals surface area contributed by atoms with E-state index < -0.39 is 5.82 Å². The van der Waals surface area contributed by atoms with Crippen LogP contribution in [-0.2, 0) is 19.6 Å². The van der Waals surface area contributed by atoms with Crippen LogP contribution in [-0.4, -0.2) is 38.7 Å². The predicted octanol–water partition coefficient (Wildman–Crippen LogP) is 1.97. The number of hydrogen-bond donors (Lipinski definition) is 0. The van der Waals surface area contributed by atoms with Crippen LogP contribution in [0.2, 0.25) is 0 Å². The highest BCUT2D eigenvalue weighted by Gasteiger charge is 2.29. The van der Waals surface area contributed by atoms with Gasteiger partial charge in [0.1, 0.15) is 0 Å². The first-order chi connectivity index (χ1) is 10.5. The Hall–Kier alpha value is -2.02. The van der Waals surface area contributed by atoms with Gasteiger partial charge in [0.05, 0.1) is 36.9 Å². The molecule has 0 unspecified atom stereocenters. The van der Waals surface area contributed by atoms with Gasteiger partial charge in [0, 0.05) is 18.2 Å². The fraction of sp³-hybridized carbons (Fsp3) is 0.533. The van der Waals surface area contributed by atoms with Crippen molar-refractivity contribution in [3.63, 3.8) is 0 Å². The summed E-state index contributed by atoms with van der Waals surface area (Å²) in [7, 11) is 4.08. The lowest BCUT2D eigenvalue weighted by Crippen LogP contribution is -2.21. The van der Waals surface area contributed by atoms with Crippen molar-refractivity contribution in [3.8, 4) is 0 Å². The summed E-state index contributed by atoms with van der Waals surface area (Å²) < 4.78 is 15.1.